The van der Waals surface area contributed by atoms with Crippen LogP contribution in [0.15, 0.2) is 39.6 Å². The topological polar surface area (TPSA) is 108 Å². The average molecular weight is 344 g/mol. The number of rotatable bonds is 5. The van der Waals surface area contributed by atoms with Crippen molar-refractivity contribution in [2.24, 2.45) is 5.92 Å². The molecule has 2 N–H and O–H groups in total. The molecule has 2 heterocycles. The zero-order chi connectivity index (χ0) is 17.8. The second-order valence-electron chi connectivity index (χ2n) is 6.09. The Labute approximate surface area is 144 Å². The molecule has 132 valence electrons. The van der Waals surface area contributed by atoms with Gasteiger partial charge in [-0.05, 0) is 12.0 Å². The molecule has 1 fully saturated rings. The monoisotopic (exact) mass is 344 g/mol. The first-order valence-corrected chi connectivity index (χ1v) is 8.19. The third-order valence-corrected chi connectivity index (χ3v) is 4.48. The van der Waals surface area contributed by atoms with Gasteiger partial charge in [0.2, 0.25) is 11.8 Å². The van der Waals surface area contributed by atoms with Crippen molar-refractivity contribution >= 4 is 11.8 Å². The number of hydrogen-bond acceptors (Lipinski definition) is 5. The van der Waals surface area contributed by atoms with Crippen LogP contribution in [0, 0.1) is 5.92 Å². The predicted molar refractivity (Wildman–Crippen MR) is 88.5 cm³/mol. The van der Waals surface area contributed by atoms with Crippen molar-refractivity contribution in [3.05, 3.63) is 52.3 Å². The van der Waals surface area contributed by atoms with Crippen LogP contribution in [-0.2, 0) is 16.0 Å². The number of H-pyrrole nitrogens is 1. The zero-order valence-corrected chi connectivity index (χ0v) is 13.9. The maximum atomic E-state index is 12.7. The second kappa shape index (κ2) is 7.33. The van der Waals surface area contributed by atoms with Gasteiger partial charge in [-0.1, -0.05) is 35.5 Å². The molecular formula is C17H20N4O4. The first kappa shape index (κ1) is 16.9. The number of aromatic amines is 1. The predicted octanol–water partition coefficient (Wildman–Crippen LogP) is 0.631. The van der Waals surface area contributed by atoms with E-state index in [0.717, 1.165) is 5.56 Å². The number of carbonyl (C=O) groups is 2. The third kappa shape index (κ3) is 3.78. The van der Waals surface area contributed by atoms with E-state index in [9.17, 15) is 14.4 Å². The van der Waals surface area contributed by atoms with E-state index in [2.05, 4.69) is 20.0 Å². The Morgan fingerprint density at radius 1 is 1.36 bits per heavy atom. The molecule has 25 heavy (non-hydrogen) atoms. The van der Waals surface area contributed by atoms with E-state index in [-0.39, 0.29) is 23.8 Å². The van der Waals surface area contributed by atoms with Gasteiger partial charge in [0.1, 0.15) is 0 Å². The van der Waals surface area contributed by atoms with Crippen molar-refractivity contribution < 1.29 is 14.1 Å². The summed E-state index contributed by atoms with van der Waals surface area (Å²) in [6.45, 7) is 0.330. The summed E-state index contributed by atoms with van der Waals surface area (Å²) in [6, 6.07) is 9.28. The number of piperidine rings is 1. The lowest BCUT2D eigenvalue weighted by molar-refractivity contribution is -0.141. The molecule has 1 aliphatic heterocycles. The van der Waals surface area contributed by atoms with Gasteiger partial charge in [0, 0.05) is 26.4 Å². The molecule has 0 bridgehead atoms. The molecule has 8 heteroatoms. The summed E-state index contributed by atoms with van der Waals surface area (Å²) in [6.07, 6.45) is 1.23. The molecule has 0 saturated carbocycles. The first-order chi connectivity index (χ1) is 12.1. The Bertz CT molecular complexity index is 798. The molecule has 1 aromatic carbocycles. The number of nitrogens with zero attached hydrogens (tertiary/aromatic N) is 2. The summed E-state index contributed by atoms with van der Waals surface area (Å²) < 4.78 is 4.42. The second-order valence-corrected chi connectivity index (χ2v) is 6.09. The van der Waals surface area contributed by atoms with Crippen molar-refractivity contribution in [1.29, 1.82) is 0 Å². The SMILES string of the molecule is CN1C(=O)CC[C@@H](C(=O)NCCc2noc(=O)[nH]2)[C@@H]1c1ccccc1. The van der Waals surface area contributed by atoms with Gasteiger partial charge in [-0.3, -0.25) is 19.1 Å². The number of hydrogen-bond donors (Lipinski definition) is 2. The van der Waals surface area contributed by atoms with Crippen LogP contribution >= 0.6 is 0 Å². The van der Waals surface area contributed by atoms with Crippen molar-refractivity contribution in [3.8, 4) is 0 Å². The molecule has 1 saturated heterocycles. The van der Waals surface area contributed by atoms with Gasteiger partial charge in [-0.25, -0.2) is 4.79 Å². The van der Waals surface area contributed by atoms with Crippen LogP contribution in [-0.4, -0.2) is 40.4 Å². The van der Waals surface area contributed by atoms with Crippen LogP contribution in [0.4, 0.5) is 0 Å². The standard InChI is InChI=1S/C17H20N4O4/c1-21-14(22)8-7-12(15(21)11-5-3-2-4-6-11)16(23)18-10-9-13-19-17(24)25-20-13/h2-6,12,15H,7-10H2,1H3,(H,18,23)(H,19,20,24)/t12-,15+/m1/s1. The smallest absolute Gasteiger partial charge is 0.355 e. The first-order valence-electron chi connectivity index (χ1n) is 8.19. The molecule has 3 rings (SSSR count). The highest BCUT2D eigenvalue weighted by Gasteiger charge is 2.38. The van der Waals surface area contributed by atoms with E-state index < -0.39 is 5.76 Å². The van der Waals surface area contributed by atoms with Crippen LogP contribution in [0.5, 0.6) is 0 Å². The Kier molecular flexibility index (Phi) is 4.97. The van der Waals surface area contributed by atoms with Crippen molar-refractivity contribution in [2.75, 3.05) is 13.6 Å². The number of benzene rings is 1. The lowest BCUT2D eigenvalue weighted by Crippen LogP contribution is -2.46. The fourth-order valence-corrected chi connectivity index (χ4v) is 3.22. The average Bonchev–Trinajstić information content (AvgIpc) is 3.03. The Hall–Kier alpha value is -2.90. The largest absolute Gasteiger partial charge is 0.438 e. The van der Waals surface area contributed by atoms with Crippen LogP contribution in [0.2, 0.25) is 0 Å². The molecule has 8 nitrogen and oxygen atoms in total. The summed E-state index contributed by atoms with van der Waals surface area (Å²) in [5.41, 5.74) is 0.944. The Morgan fingerprint density at radius 2 is 2.12 bits per heavy atom. The van der Waals surface area contributed by atoms with Crippen molar-refractivity contribution in [3.63, 3.8) is 0 Å². The number of carbonyl (C=O) groups excluding carboxylic acids is 2. The lowest BCUT2D eigenvalue weighted by Gasteiger charge is -2.38. The van der Waals surface area contributed by atoms with Gasteiger partial charge in [-0.15, -0.1) is 0 Å². The van der Waals surface area contributed by atoms with E-state index >= 15 is 0 Å². The molecule has 0 spiro atoms. The van der Waals surface area contributed by atoms with Crippen molar-refractivity contribution in [2.45, 2.75) is 25.3 Å². The Morgan fingerprint density at radius 3 is 2.80 bits per heavy atom. The molecule has 1 aliphatic rings. The van der Waals surface area contributed by atoms with Crippen LogP contribution in [0.3, 0.4) is 0 Å². The van der Waals surface area contributed by atoms with Gasteiger partial charge in [0.15, 0.2) is 5.82 Å². The molecule has 2 amide bonds. The number of nitrogens with one attached hydrogen (secondary N) is 2. The van der Waals surface area contributed by atoms with Gasteiger partial charge in [0.25, 0.3) is 0 Å². The van der Waals surface area contributed by atoms with Gasteiger partial charge >= 0.3 is 5.76 Å². The van der Waals surface area contributed by atoms with E-state index in [1.807, 2.05) is 30.3 Å². The highest BCUT2D eigenvalue weighted by molar-refractivity contribution is 5.84. The third-order valence-electron chi connectivity index (χ3n) is 4.48. The fraction of sp³-hybridized carbons (Fsp3) is 0.412. The van der Waals surface area contributed by atoms with E-state index in [0.29, 0.717) is 31.6 Å². The van der Waals surface area contributed by atoms with Gasteiger partial charge in [0.05, 0.1) is 12.0 Å². The minimum Gasteiger partial charge on any atom is -0.355 e. The molecular weight excluding hydrogens is 324 g/mol. The summed E-state index contributed by atoms with van der Waals surface area (Å²) in [5.74, 6) is -0.614. The minimum atomic E-state index is -0.613. The molecule has 2 aromatic rings. The molecule has 0 radical (unpaired) electrons. The maximum absolute atomic E-state index is 12.7. The maximum Gasteiger partial charge on any atom is 0.438 e. The summed E-state index contributed by atoms with van der Waals surface area (Å²) in [4.78, 5) is 39.7. The summed E-state index contributed by atoms with van der Waals surface area (Å²) >= 11 is 0. The molecule has 2 atom stereocenters. The van der Waals surface area contributed by atoms with Crippen LogP contribution in [0.25, 0.3) is 0 Å². The lowest BCUT2D eigenvalue weighted by atomic mass is 9.84. The molecule has 1 aromatic heterocycles. The quantitative estimate of drug-likeness (QED) is 0.827. The fourth-order valence-electron chi connectivity index (χ4n) is 3.22. The zero-order valence-electron chi connectivity index (χ0n) is 13.9. The van der Waals surface area contributed by atoms with Gasteiger partial charge in [-0.2, -0.15) is 0 Å². The van der Waals surface area contributed by atoms with Crippen LogP contribution < -0.4 is 11.1 Å². The van der Waals surface area contributed by atoms with E-state index in [1.54, 1.807) is 11.9 Å². The molecule has 0 unspecified atom stereocenters. The van der Waals surface area contributed by atoms with E-state index in [1.165, 1.54) is 0 Å². The summed E-state index contributed by atoms with van der Waals surface area (Å²) in [7, 11) is 1.74. The van der Waals surface area contributed by atoms with Gasteiger partial charge < -0.3 is 10.2 Å². The highest BCUT2D eigenvalue weighted by Crippen LogP contribution is 2.35. The normalized spacial score (nSPS) is 20.5. The highest BCUT2D eigenvalue weighted by atomic mass is 16.5. The molecule has 0 aliphatic carbocycles. The van der Waals surface area contributed by atoms with Crippen molar-refractivity contribution in [1.82, 2.24) is 20.4 Å². The number of likely N-dealkylation sites (tertiary alicyclic amines) is 1. The Balaban J connectivity index is 1.68. The minimum absolute atomic E-state index is 0.0399. The summed E-state index contributed by atoms with van der Waals surface area (Å²) in [5, 5.41) is 6.43. The van der Waals surface area contributed by atoms with E-state index in [4.69, 9.17) is 0 Å². The number of aromatic nitrogens is 2. The number of amides is 2. The van der Waals surface area contributed by atoms with Crippen LogP contribution in [0.1, 0.15) is 30.3 Å².